The van der Waals surface area contributed by atoms with Gasteiger partial charge in [0.15, 0.2) is 0 Å². The van der Waals surface area contributed by atoms with Gasteiger partial charge < -0.3 is 4.74 Å². The molecular formula is C26H31N3O. The zero-order chi connectivity index (χ0) is 20.3. The third-order valence-corrected chi connectivity index (χ3v) is 7.03. The summed E-state index contributed by atoms with van der Waals surface area (Å²) in [5.41, 5.74) is 8.35. The van der Waals surface area contributed by atoms with Crippen molar-refractivity contribution in [3.8, 4) is 0 Å². The van der Waals surface area contributed by atoms with Gasteiger partial charge in [0.05, 0.1) is 36.9 Å². The predicted molar refractivity (Wildman–Crippen MR) is 121 cm³/mol. The van der Waals surface area contributed by atoms with Crippen LogP contribution in [0, 0.1) is 5.92 Å². The lowest BCUT2D eigenvalue weighted by molar-refractivity contribution is 0.148. The summed E-state index contributed by atoms with van der Waals surface area (Å²) in [4.78, 5) is 14.6. The van der Waals surface area contributed by atoms with E-state index in [0.29, 0.717) is 5.92 Å². The minimum absolute atomic E-state index is 0.479. The van der Waals surface area contributed by atoms with Crippen LogP contribution in [0.3, 0.4) is 0 Å². The highest BCUT2D eigenvalue weighted by atomic mass is 16.5. The van der Waals surface area contributed by atoms with E-state index in [9.17, 15) is 0 Å². The Morgan fingerprint density at radius 3 is 2.77 bits per heavy atom. The Kier molecular flexibility index (Phi) is 5.76. The van der Waals surface area contributed by atoms with Gasteiger partial charge >= 0.3 is 0 Å². The number of pyridine rings is 2. The third kappa shape index (κ3) is 3.85. The first kappa shape index (κ1) is 19.6. The van der Waals surface area contributed by atoms with Gasteiger partial charge in [0.2, 0.25) is 0 Å². The van der Waals surface area contributed by atoms with Crippen molar-refractivity contribution in [2.24, 2.45) is 10.9 Å². The zero-order valence-corrected chi connectivity index (χ0v) is 17.9. The number of hydrogen-bond donors (Lipinski definition) is 0. The molecule has 4 nitrogen and oxygen atoms in total. The Balaban J connectivity index is 1.43. The summed E-state index contributed by atoms with van der Waals surface area (Å²) in [7, 11) is 0. The average Bonchev–Trinajstić information content (AvgIpc) is 3.05. The number of fused-ring (bicyclic) bond motifs is 1. The molecule has 1 aliphatic carbocycles. The lowest BCUT2D eigenvalue weighted by Gasteiger charge is -2.28. The topological polar surface area (TPSA) is 47.4 Å². The molecule has 0 spiro atoms. The van der Waals surface area contributed by atoms with Gasteiger partial charge in [-0.2, -0.15) is 0 Å². The maximum absolute atomic E-state index is 5.57. The Labute approximate surface area is 179 Å². The smallest absolute Gasteiger partial charge is 0.0760 e. The van der Waals surface area contributed by atoms with Gasteiger partial charge in [-0.15, -0.1) is 0 Å². The van der Waals surface area contributed by atoms with Gasteiger partial charge in [-0.05, 0) is 60.9 Å². The fraction of sp³-hybridized carbons (Fsp3) is 0.500. The van der Waals surface area contributed by atoms with Gasteiger partial charge in [-0.25, -0.2) is 0 Å². The van der Waals surface area contributed by atoms with Crippen LogP contribution in [0.4, 0.5) is 0 Å². The molecule has 0 N–H and O–H groups in total. The summed E-state index contributed by atoms with van der Waals surface area (Å²) in [6.07, 6.45) is 14.9. The molecule has 2 aromatic rings. The van der Waals surface area contributed by atoms with E-state index < -0.39 is 0 Å². The van der Waals surface area contributed by atoms with Crippen molar-refractivity contribution in [1.29, 1.82) is 0 Å². The molecule has 2 aliphatic heterocycles. The van der Waals surface area contributed by atoms with Crippen LogP contribution in [-0.4, -0.2) is 28.9 Å². The first-order valence-electron chi connectivity index (χ1n) is 11.6. The molecule has 3 aliphatic rings. The van der Waals surface area contributed by atoms with Crippen LogP contribution >= 0.6 is 0 Å². The van der Waals surface area contributed by atoms with Crippen molar-refractivity contribution in [3.05, 3.63) is 64.7 Å². The van der Waals surface area contributed by atoms with E-state index in [4.69, 9.17) is 19.7 Å². The molecule has 1 atom stereocenters. The van der Waals surface area contributed by atoms with Crippen LogP contribution in [0.1, 0.15) is 85.9 Å². The molecule has 4 heterocycles. The van der Waals surface area contributed by atoms with E-state index in [1.807, 2.05) is 12.4 Å². The summed E-state index contributed by atoms with van der Waals surface area (Å²) in [5, 5.41) is 0. The van der Waals surface area contributed by atoms with E-state index in [0.717, 1.165) is 55.5 Å². The van der Waals surface area contributed by atoms with Gasteiger partial charge in [0.25, 0.3) is 0 Å². The predicted octanol–water partition coefficient (Wildman–Crippen LogP) is 5.71. The molecule has 1 fully saturated rings. The van der Waals surface area contributed by atoms with Crippen LogP contribution in [0.5, 0.6) is 0 Å². The van der Waals surface area contributed by atoms with Crippen LogP contribution < -0.4 is 0 Å². The Hall–Kier alpha value is -2.33. The van der Waals surface area contributed by atoms with Crippen molar-refractivity contribution in [2.45, 2.75) is 64.3 Å². The van der Waals surface area contributed by atoms with Gasteiger partial charge in [-0.3, -0.25) is 15.0 Å². The fourth-order valence-corrected chi connectivity index (χ4v) is 5.27. The molecule has 4 heteroatoms. The van der Waals surface area contributed by atoms with Gasteiger partial charge in [0.1, 0.15) is 0 Å². The van der Waals surface area contributed by atoms with Crippen molar-refractivity contribution >= 4 is 11.3 Å². The summed E-state index contributed by atoms with van der Waals surface area (Å²) in [6.45, 7) is 4.71. The second-order valence-corrected chi connectivity index (χ2v) is 8.89. The number of ether oxygens (including phenoxy) is 1. The molecule has 0 radical (unpaired) electrons. The molecule has 5 rings (SSSR count). The highest BCUT2D eigenvalue weighted by molar-refractivity contribution is 6.15. The van der Waals surface area contributed by atoms with Crippen molar-refractivity contribution < 1.29 is 4.74 Å². The molecule has 156 valence electrons. The molecule has 0 aromatic carbocycles. The summed E-state index contributed by atoms with van der Waals surface area (Å²) >= 11 is 0. The zero-order valence-electron chi connectivity index (χ0n) is 17.9. The minimum Gasteiger partial charge on any atom is -0.381 e. The molecule has 30 heavy (non-hydrogen) atoms. The first-order valence-corrected chi connectivity index (χ1v) is 11.6. The summed E-state index contributed by atoms with van der Waals surface area (Å²) < 4.78 is 5.57. The number of aliphatic imine (C=N–C) groups is 1. The first-order chi connectivity index (χ1) is 14.8. The van der Waals surface area contributed by atoms with Gasteiger partial charge in [0, 0.05) is 29.4 Å². The van der Waals surface area contributed by atoms with Crippen LogP contribution in [0.2, 0.25) is 0 Å². The van der Waals surface area contributed by atoms with E-state index in [1.54, 1.807) is 0 Å². The Morgan fingerprint density at radius 2 is 1.93 bits per heavy atom. The van der Waals surface area contributed by atoms with Crippen molar-refractivity contribution in [2.75, 3.05) is 13.2 Å². The van der Waals surface area contributed by atoms with Crippen LogP contribution in [-0.2, 0) is 11.3 Å². The molecule has 1 saturated carbocycles. The van der Waals surface area contributed by atoms with Crippen LogP contribution in [0.15, 0.2) is 41.7 Å². The van der Waals surface area contributed by atoms with Gasteiger partial charge in [-0.1, -0.05) is 32.3 Å². The highest BCUT2D eigenvalue weighted by Gasteiger charge is 2.29. The van der Waals surface area contributed by atoms with E-state index >= 15 is 0 Å². The van der Waals surface area contributed by atoms with E-state index in [2.05, 4.69) is 31.2 Å². The fourth-order valence-electron chi connectivity index (χ4n) is 5.27. The lowest BCUT2D eigenvalue weighted by Crippen LogP contribution is -2.18. The van der Waals surface area contributed by atoms with E-state index in [-0.39, 0.29) is 0 Å². The quantitative estimate of drug-likeness (QED) is 0.660. The third-order valence-electron chi connectivity index (χ3n) is 7.03. The maximum atomic E-state index is 5.57. The molecule has 1 unspecified atom stereocenters. The molecular weight excluding hydrogens is 370 g/mol. The Morgan fingerprint density at radius 1 is 1.03 bits per heavy atom. The summed E-state index contributed by atoms with van der Waals surface area (Å²) in [6, 6.07) is 6.47. The molecule has 0 bridgehead atoms. The second kappa shape index (κ2) is 8.81. The number of hydrogen-bond acceptors (Lipinski definition) is 4. The van der Waals surface area contributed by atoms with E-state index in [1.165, 1.54) is 54.5 Å². The van der Waals surface area contributed by atoms with Crippen molar-refractivity contribution in [1.82, 2.24) is 9.97 Å². The summed E-state index contributed by atoms with van der Waals surface area (Å²) in [5.74, 6) is 1.22. The lowest BCUT2D eigenvalue weighted by atomic mass is 9.77. The minimum atomic E-state index is 0.479. The standard InChI is InChI=1S/C26H31N3O/c1-18(19-6-3-2-4-7-19)25-24-21(11-13-27-25)16-29-26(24)22-9-10-23(28-17-22)20-8-5-14-30-15-12-20/h8-11,13,17-19H,2-7,12,14-16H2,1H3. The average molecular weight is 402 g/mol. The SMILES string of the molecule is CC(c1nccc2c1C(c1ccc(C3=CCCOCC3)nc1)=NC2)C1CCCCC1. The second-order valence-electron chi connectivity index (χ2n) is 8.89. The monoisotopic (exact) mass is 401 g/mol. The number of nitrogens with zero attached hydrogens (tertiary/aromatic N) is 3. The Bertz CT molecular complexity index is 955. The molecule has 2 aromatic heterocycles. The highest BCUT2D eigenvalue weighted by Crippen LogP contribution is 2.38. The number of rotatable bonds is 4. The number of aromatic nitrogens is 2. The van der Waals surface area contributed by atoms with Crippen LogP contribution in [0.25, 0.3) is 5.57 Å². The molecule has 0 amide bonds. The normalized spacial score (nSPS) is 20.8. The largest absolute Gasteiger partial charge is 0.381 e. The molecule has 0 saturated heterocycles. The van der Waals surface area contributed by atoms with Crippen molar-refractivity contribution in [3.63, 3.8) is 0 Å². The maximum Gasteiger partial charge on any atom is 0.0760 e.